The van der Waals surface area contributed by atoms with E-state index in [4.69, 9.17) is 0 Å². The van der Waals surface area contributed by atoms with Crippen LogP contribution in [-0.4, -0.2) is 4.98 Å². The molecule has 16 heavy (non-hydrogen) atoms. The second-order valence-electron chi connectivity index (χ2n) is 4.08. The zero-order valence-corrected chi connectivity index (χ0v) is 10.5. The SMILES string of the molecule is Cc1cc(C)nc(C)c1.Cc1ccccc1. The van der Waals surface area contributed by atoms with Crippen molar-refractivity contribution in [3.8, 4) is 0 Å². The van der Waals surface area contributed by atoms with Gasteiger partial charge in [-0.3, -0.25) is 4.98 Å². The summed E-state index contributed by atoms with van der Waals surface area (Å²) in [4.78, 5) is 4.23. The summed E-state index contributed by atoms with van der Waals surface area (Å²) in [7, 11) is 0. The molecular weight excluding hydrogens is 194 g/mol. The van der Waals surface area contributed by atoms with Crippen molar-refractivity contribution in [3.05, 3.63) is 65.0 Å². The normalized spacial score (nSPS) is 9.25. The summed E-state index contributed by atoms with van der Waals surface area (Å²) in [5, 5.41) is 0. The van der Waals surface area contributed by atoms with Gasteiger partial charge in [0.15, 0.2) is 0 Å². The lowest BCUT2D eigenvalue weighted by molar-refractivity contribution is 1.10. The van der Waals surface area contributed by atoms with Gasteiger partial charge in [0.25, 0.3) is 0 Å². The molecule has 0 spiro atoms. The van der Waals surface area contributed by atoms with Gasteiger partial charge < -0.3 is 0 Å². The number of nitrogens with zero attached hydrogens (tertiary/aromatic N) is 1. The minimum Gasteiger partial charge on any atom is -0.258 e. The van der Waals surface area contributed by atoms with E-state index in [1.165, 1.54) is 11.1 Å². The molecule has 0 saturated heterocycles. The highest BCUT2D eigenvalue weighted by atomic mass is 14.7. The molecule has 0 aliphatic heterocycles. The van der Waals surface area contributed by atoms with Crippen molar-refractivity contribution in [1.29, 1.82) is 0 Å². The van der Waals surface area contributed by atoms with Crippen LogP contribution >= 0.6 is 0 Å². The van der Waals surface area contributed by atoms with E-state index in [1.807, 2.05) is 32.0 Å². The van der Waals surface area contributed by atoms with Crippen LogP contribution in [0.5, 0.6) is 0 Å². The predicted octanol–water partition coefficient (Wildman–Crippen LogP) is 4.00. The standard InChI is InChI=1S/C8H11N.C7H8/c1-6-4-7(2)9-8(3)5-6;1-7-5-3-2-4-6-7/h4-5H,1-3H3;2-6H,1H3. The molecule has 0 aliphatic rings. The van der Waals surface area contributed by atoms with Crippen molar-refractivity contribution in [1.82, 2.24) is 4.98 Å². The number of pyridine rings is 1. The van der Waals surface area contributed by atoms with Gasteiger partial charge in [0.2, 0.25) is 0 Å². The van der Waals surface area contributed by atoms with E-state index in [1.54, 1.807) is 0 Å². The highest BCUT2D eigenvalue weighted by Crippen LogP contribution is 2.01. The van der Waals surface area contributed by atoms with Gasteiger partial charge in [-0.25, -0.2) is 0 Å². The monoisotopic (exact) mass is 213 g/mol. The molecule has 0 atom stereocenters. The number of benzene rings is 1. The molecule has 0 aliphatic carbocycles. The van der Waals surface area contributed by atoms with E-state index in [0.29, 0.717) is 0 Å². The molecule has 0 bridgehead atoms. The number of rotatable bonds is 0. The smallest absolute Gasteiger partial charge is 0.0378 e. The molecule has 1 nitrogen and oxygen atoms in total. The summed E-state index contributed by atoms with van der Waals surface area (Å²) in [5.74, 6) is 0. The molecule has 1 heteroatoms. The lowest BCUT2D eigenvalue weighted by atomic mass is 10.2. The van der Waals surface area contributed by atoms with E-state index in [9.17, 15) is 0 Å². The maximum absolute atomic E-state index is 4.23. The van der Waals surface area contributed by atoms with Crippen molar-refractivity contribution in [2.24, 2.45) is 0 Å². The summed E-state index contributed by atoms with van der Waals surface area (Å²) in [6.45, 7) is 8.20. The zero-order valence-electron chi connectivity index (χ0n) is 10.5. The molecule has 1 aromatic carbocycles. The first-order chi connectivity index (χ1) is 7.58. The van der Waals surface area contributed by atoms with Crippen LogP contribution in [0.25, 0.3) is 0 Å². The first kappa shape index (κ1) is 12.4. The van der Waals surface area contributed by atoms with Crippen LogP contribution in [0.2, 0.25) is 0 Å². The van der Waals surface area contributed by atoms with Crippen molar-refractivity contribution in [3.63, 3.8) is 0 Å². The second-order valence-corrected chi connectivity index (χ2v) is 4.08. The summed E-state index contributed by atoms with van der Waals surface area (Å²) in [6.07, 6.45) is 0. The van der Waals surface area contributed by atoms with Gasteiger partial charge in [-0.05, 0) is 45.4 Å². The minimum atomic E-state index is 1.10. The average Bonchev–Trinajstić information content (AvgIpc) is 2.17. The molecule has 0 fully saturated rings. The average molecular weight is 213 g/mol. The Hall–Kier alpha value is -1.63. The molecule has 0 amide bonds. The topological polar surface area (TPSA) is 12.9 Å². The Morgan fingerprint density at radius 2 is 1.19 bits per heavy atom. The number of aromatic nitrogens is 1. The molecule has 2 aromatic rings. The van der Waals surface area contributed by atoms with Crippen LogP contribution < -0.4 is 0 Å². The zero-order chi connectivity index (χ0) is 12.0. The maximum Gasteiger partial charge on any atom is 0.0378 e. The Kier molecular flexibility index (Phi) is 4.71. The van der Waals surface area contributed by atoms with Crippen LogP contribution in [-0.2, 0) is 0 Å². The Morgan fingerprint density at radius 1 is 0.688 bits per heavy atom. The highest BCUT2D eigenvalue weighted by Gasteiger charge is 1.88. The quantitative estimate of drug-likeness (QED) is 0.644. The van der Waals surface area contributed by atoms with E-state index < -0.39 is 0 Å². The molecule has 84 valence electrons. The molecule has 0 radical (unpaired) electrons. The number of hydrogen-bond acceptors (Lipinski definition) is 1. The van der Waals surface area contributed by atoms with Crippen LogP contribution in [0.15, 0.2) is 42.5 Å². The fourth-order valence-electron chi connectivity index (χ4n) is 1.58. The Bertz CT molecular complexity index is 382. The maximum atomic E-state index is 4.23. The van der Waals surface area contributed by atoms with E-state index in [2.05, 4.69) is 43.1 Å². The Labute approximate surface area is 98.2 Å². The molecule has 1 aromatic heterocycles. The summed E-state index contributed by atoms with van der Waals surface area (Å²) in [6, 6.07) is 14.4. The third-order valence-electron chi connectivity index (χ3n) is 2.17. The van der Waals surface area contributed by atoms with Gasteiger partial charge >= 0.3 is 0 Å². The fourth-order valence-corrected chi connectivity index (χ4v) is 1.58. The van der Waals surface area contributed by atoms with Crippen LogP contribution in [0.4, 0.5) is 0 Å². The Balaban J connectivity index is 0.000000165. The summed E-state index contributed by atoms with van der Waals surface area (Å²) in [5.41, 5.74) is 4.82. The molecule has 0 N–H and O–H groups in total. The molecule has 0 unspecified atom stereocenters. The number of hydrogen-bond donors (Lipinski definition) is 0. The third kappa shape index (κ3) is 4.74. The van der Waals surface area contributed by atoms with Gasteiger partial charge in [-0.15, -0.1) is 0 Å². The van der Waals surface area contributed by atoms with E-state index >= 15 is 0 Å². The summed E-state index contributed by atoms with van der Waals surface area (Å²) < 4.78 is 0. The fraction of sp³-hybridized carbons (Fsp3) is 0.267. The molecule has 2 rings (SSSR count). The van der Waals surface area contributed by atoms with Gasteiger partial charge in [0.1, 0.15) is 0 Å². The third-order valence-corrected chi connectivity index (χ3v) is 2.17. The van der Waals surface area contributed by atoms with E-state index in [-0.39, 0.29) is 0 Å². The largest absolute Gasteiger partial charge is 0.258 e. The first-order valence-electron chi connectivity index (χ1n) is 5.51. The predicted molar refractivity (Wildman–Crippen MR) is 69.6 cm³/mol. The van der Waals surface area contributed by atoms with Crippen LogP contribution in [0.1, 0.15) is 22.5 Å². The minimum absolute atomic E-state index is 1.10. The first-order valence-corrected chi connectivity index (χ1v) is 5.51. The van der Waals surface area contributed by atoms with Crippen molar-refractivity contribution in [2.75, 3.05) is 0 Å². The molecule has 1 heterocycles. The Morgan fingerprint density at radius 3 is 1.50 bits per heavy atom. The van der Waals surface area contributed by atoms with Gasteiger partial charge in [-0.2, -0.15) is 0 Å². The van der Waals surface area contributed by atoms with Crippen molar-refractivity contribution < 1.29 is 0 Å². The highest BCUT2D eigenvalue weighted by molar-refractivity contribution is 5.18. The van der Waals surface area contributed by atoms with Gasteiger partial charge in [0, 0.05) is 11.4 Å². The number of aryl methyl sites for hydroxylation is 4. The molecular formula is C15H19N. The molecule has 0 saturated carbocycles. The van der Waals surface area contributed by atoms with Gasteiger partial charge in [0.05, 0.1) is 0 Å². The van der Waals surface area contributed by atoms with Crippen molar-refractivity contribution >= 4 is 0 Å². The van der Waals surface area contributed by atoms with E-state index in [0.717, 1.165) is 11.4 Å². The second kappa shape index (κ2) is 6.06. The lowest BCUT2D eigenvalue weighted by Gasteiger charge is -1.96. The lowest BCUT2D eigenvalue weighted by Crippen LogP contribution is -1.85. The summed E-state index contributed by atoms with van der Waals surface area (Å²) >= 11 is 0. The van der Waals surface area contributed by atoms with Crippen LogP contribution in [0, 0.1) is 27.7 Å². The van der Waals surface area contributed by atoms with Crippen LogP contribution in [0.3, 0.4) is 0 Å². The van der Waals surface area contributed by atoms with Gasteiger partial charge in [-0.1, -0.05) is 35.9 Å². The van der Waals surface area contributed by atoms with Crippen molar-refractivity contribution in [2.45, 2.75) is 27.7 Å².